The van der Waals surface area contributed by atoms with Gasteiger partial charge in [0.2, 0.25) is 0 Å². The first kappa shape index (κ1) is 7.88. The molecule has 1 N–H and O–H groups in total. The predicted molar refractivity (Wildman–Crippen MR) is 31.1 cm³/mol. The average molecular weight is 119 g/mol. The lowest BCUT2D eigenvalue weighted by Gasteiger charge is -2.13. The molecule has 0 fully saturated rings. The van der Waals surface area contributed by atoms with Crippen molar-refractivity contribution < 1.29 is 9.94 Å². The quantitative estimate of drug-likeness (QED) is 0.424. The van der Waals surface area contributed by atoms with Gasteiger partial charge < -0.3 is 9.94 Å². The van der Waals surface area contributed by atoms with Gasteiger partial charge in [0.1, 0.15) is 6.73 Å². The molecule has 0 atom stereocenters. The summed E-state index contributed by atoms with van der Waals surface area (Å²) in [4.78, 5) is 4.72. The van der Waals surface area contributed by atoms with E-state index in [-0.39, 0.29) is 6.73 Å². The van der Waals surface area contributed by atoms with E-state index >= 15 is 0 Å². The number of nitrogens with zero attached hydrogens (tertiary/aromatic N) is 1. The molecule has 3 nitrogen and oxygen atoms in total. The van der Waals surface area contributed by atoms with Gasteiger partial charge in [-0.15, -0.1) is 0 Å². The molecule has 0 spiro atoms. The zero-order valence-electron chi connectivity index (χ0n) is 5.42. The predicted octanol–water partition coefficient (Wildman–Crippen LogP) is 0.210. The van der Waals surface area contributed by atoms with Gasteiger partial charge >= 0.3 is 0 Å². The summed E-state index contributed by atoms with van der Waals surface area (Å²) in [6, 6.07) is 0. The Kier molecular flexibility index (Phi) is 4.95. The zero-order chi connectivity index (χ0) is 6.41. The van der Waals surface area contributed by atoms with Gasteiger partial charge in [-0.2, -0.15) is 5.06 Å². The summed E-state index contributed by atoms with van der Waals surface area (Å²) >= 11 is 0. The summed E-state index contributed by atoms with van der Waals surface area (Å²) in [7, 11) is 1.55. The molecule has 0 aliphatic rings. The first-order chi connectivity index (χ1) is 3.85. The maximum Gasteiger partial charge on any atom is 0.119 e. The van der Waals surface area contributed by atoms with Crippen molar-refractivity contribution in [3.63, 3.8) is 0 Å². The summed E-state index contributed by atoms with van der Waals surface area (Å²) in [5.74, 6) is 0. The molecule has 0 radical (unpaired) electrons. The van der Waals surface area contributed by atoms with Gasteiger partial charge in [-0.3, -0.25) is 0 Å². The van der Waals surface area contributed by atoms with Crippen LogP contribution in [0.1, 0.15) is 13.3 Å². The first-order valence-corrected chi connectivity index (χ1v) is 2.75. The third kappa shape index (κ3) is 2.96. The number of rotatable bonds is 4. The SMILES string of the molecule is CCCN(CO)OC. The average Bonchev–Trinajstić information content (AvgIpc) is 1.83. The summed E-state index contributed by atoms with van der Waals surface area (Å²) in [6.07, 6.45) is 0.994. The monoisotopic (exact) mass is 119 g/mol. The Labute approximate surface area is 49.8 Å². The topological polar surface area (TPSA) is 32.7 Å². The van der Waals surface area contributed by atoms with Crippen molar-refractivity contribution in [1.82, 2.24) is 5.06 Å². The van der Waals surface area contributed by atoms with Crippen LogP contribution < -0.4 is 0 Å². The summed E-state index contributed by atoms with van der Waals surface area (Å²) in [5.41, 5.74) is 0. The van der Waals surface area contributed by atoms with E-state index in [9.17, 15) is 0 Å². The second-order valence-corrected chi connectivity index (χ2v) is 1.53. The van der Waals surface area contributed by atoms with Crippen molar-refractivity contribution in [3.05, 3.63) is 0 Å². The van der Waals surface area contributed by atoms with Crippen molar-refractivity contribution >= 4 is 0 Å². The van der Waals surface area contributed by atoms with Gasteiger partial charge in [-0.25, -0.2) is 0 Å². The minimum Gasteiger partial charge on any atom is -0.379 e. The molecule has 0 saturated heterocycles. The standard InChI is InChI=1S/C5H13NO2/c1-3-4-6(5-7)8-2/h7H,3-5H2,1-2H3. The molecule has 0 amide bonds. The van der Waals surface area contributed by atoms with E-state index in [1.807, 2.05) is 6.92 Å². The van der Waals surface area contributed by atoms with E-state index in [4.69, 9.17) is 9.94 Å². The number of hydrogen-bond acceptors (Lipinski definition) is 3. The first-order valence-electron chi connectivity index (χ1n) is 2.75. The lowest BCUT2D eigenvalue weighted by Crippen LogP contribution is -2.23. The maximum atomic E-state index is 8.46. The normalized spacial score (nSPS) is 10.5. The van der Waals surface area contributed by atoms with Crippen LogP contribution >= 0.6 is 0 Å². The lowest BCUT2D eigenvalue weighted by molar-refractivity contribution is -0.172. The molecule has 0 saturated carbocycles. The zero-order valence-corrected chi connectivity index (χ0v) is 5.42. The van der Waals surface area contributed by atoms with E-state index in [0.717, 1.165) is 13.0 Å². The Hall–Kier alpha value is -0.120. The van der Waals surface area contributed by atoms with E-state index in [1.165, 1.54) is 5.06 Å². The van der Waals surface area contributed by atoms with Crippen LogP contribution in [0.25, 0.3) is 0 Å². The summed E-state index contributed by atoms with van der Waals surface area (Å²) in [6.45, 7) is 2.79. The van der Waals surface area contributed by atoms with Crippen molar-refractivity contribution in [2.75, 3.05) is 20.4 Å². The molecule has 0 aliphatic carbocycles. The minimum atomic E-state index is -0.0235. The molecule has 50 valence electrons. The van der Waals surface area contributed by atoms with E-state index in [1.54, 1.807) is 7.11 Å². The number of aliphatic hydroxyl groups excluding tert-OH is 1. The van der Waals surface area contributed by atoms with Crippen LogP contribution in [-0.2, 0) is 4.84 Å². The minimum absolute atomic E-state index is 0.0235. The van der Waals surface area contributed by atoms with E-state index in [0.29, 0.717) is 0 Å². The van der Waals surface area contributed by atoms with Crippen LogP contribution in [-0.4, -0.2) is 30.6 Å². The van der Waals surface area contributed by atoms with E-state index in [2.05, 4.69) is 0 Å². The van der Waals surface area contributed by atoms with Crippen molar-refractivity contribution in [2.45, 2.75) is 13.3 Å². The number of hydrogen-bond donors (Lipinski definition) is 1. The van der Waals surface area contributed by atoms with Crippen molar-refractivity contribution in [3.8, 4) is 0 Å². The fourth-order valence-corrected chi connectivity index (χ4v) is 0.469. The molecule has 0 bridgehead atoms. The van der Waals surface area contributed by atoms with Crippen molar-refractivity contribution in [2.24, 2.45) is 0 Å². The summed E-state index contributed by atoms with van der Waals surface area (Å²) < 4.78 is 0. The highest BCUT2D eigenvalue weighted by Gasteiger charge is 1.95. The van der Waals surface area contributed by atoms with Gasteiger partial charge in [-0.1, -0.05) is 6.92 Å². The van der Waals surface area contributed by atoms with Gasteiger partial charge in [0.25, 0.3) is 0 Å². The Bertz CT molecular complexity index is 45.7. The highest BCUT2D eigenvalue weighted by Crippen LogP contribution is 1.86. The van der Waals surface area contributed by atoms with Gasteiger partial charge in [0.15, 0.2) is 0 Å². The number of aliphatic hydroxyl groups is 1. The Morgan fingerprint density at radius 2 is 2.25 bits per heavy atom. The van der Waals surface area contributed by atoms with Crippen LogP contribution in [0.3, 0.4) is 0 Å². The highest BCUT2D eigenvalue weighted by atomic mass is 16.7. The fraction of sp³-hybridized carbons (Fsp3) is 1.00. The van der Waals surface area contributed by atoms with Crippen LogP contribution in [0.5, 0.6) is 0 Å². The third-order valence-corrected chi connectivity index (χ3v) is 0.889. The Balaban J connectivity index is 3.07. The largest absolute Gasteiger partial charge is 0.379 e. The second kappa shape index (κ2) is 5.03. The second-order valence-electron chi connectivity index (χ2n) is 1.53. The highest BCUT2D eigenvalue weighted by molar-refractivity contribution is 4.32. The third-order valence-electron chi connectivity index (χ3n) is 0.889. The number of hydroxylamine groups is 2. The molecule has 3 heteroatoms. The molecule has 0 aromatic heterocycles. The van der Waals surface area contributed by atoms with Gasteiger partial charge in [0, 0.05) is 6.54 Å². The van der Waals surface area contributed by atoms with Crippen LogP contribution in [0.15, 0.2) is 0 Å². The summed E-state index contributed by atoms with van der Waals surface area (Å²) in [5, 5.41) is 9.94. The maximum absolute atomic E-state index is 8.46. The van der Waals surface area contributed by atoms with Crippen molar-refractivity contribution in [1.29, 1.82) is 0 Å². The van der Waals surface area contributed by atoms with E-state index < -0.39 is 0 Å². The smallest absolute Gasteiger partial charge is 0.119 e. The molecule has 0 aliphatic heterocycles. The molecule has 0 aromatic rings. The molecule has 0 rings (SSSR count). The molecule has 0 heterocycles. The molecule has 0 unspecified atom stereocenters. The van der Waals surface area contributed by atoms with Gasteiger partial charge in [0.05, 0.1) is 7.11 Å². The van der Waals surface area contributed by atoms with Crippen LogP contribution in [0.4, 0.5) is 0 Å². The lowest BCUT2D eigenvalue weighted by atomic mass is 10.5. The van der Waals surface area contributed by atoms with Crippen LogP contribution in [0, 0.1) is 0 Å². The fourth-order valence-electron chi connectivity index (χ4n) is 0.469. The Morgan fingerprint density at radius 3 is 2.38 bits per heavy atom. The Morgan fingerprint density at radius 1 is 1.62 bits per heavy atom. The van der Waals surface area contributed by atoms with Gasteiger partial charge in [-0.05, 0) is 6.42 Å². The molecular weight excluding hydrogens is 106 g/mol. The molecule has 0 aromatic carbocycles. The molecule has 8 heavy (non-hydrogen) atoms. The van der Waals surface area contributed by atoms with Crippen LogP contribution in [0.2, 0.25) is 0 Å². The molecular formula is C5H13NO2.